The van der Waals surface area contributed by atoms with Gasteiger partial charge >= 0.3 is 5.97 Å². The van der Waals surface area contributed by atoms with Crippen LogP contribution in [0.25, 0.3) is 0 Å². The minimum Gasteiger partial charge on any atom is -0.497 e. The first-order chi connectivity index (χ1) is 9.11. The molecule has 0 aromatic heterocycles. The summed E-state index contributed by atoms with van der Waals surface area (Å²) in [6.45, 7) is 0. The van der Waals surface area contributed by atoms with Gasteiger partial charge in [0.25, 0.3) is 0 Å². The average Bonchev–Trinajstić information content (AvgIpc) is 2.82. The Kier molecular flexibility index (Phi) is 4.20. The summed E-state index contributed by atoms with van der Waals surface area (Å²) in [4.78, 5) is 22.9. The van der Waals surface area contributed by atoms with Gasteiger partial charge in [0.05, 0.1) is 13.5 Å². The molecule has 0 bridgehead atoms. The van der Waals surface area contributed by atoms with Gasteiger partial charge in [0.1, 0.15) is 11.5 Å². The molecule has 1 N–H and O–H groups in total. The summed E-state index contributed by atoms with van der Waals surface area (Å²) in [7, 11) is 1.59. The smallest absolute Gasteiger partial charge is 0.303 e. The molecule has 4 heteroatoms. The van der Waals surface area contributed by atoms with E-state index in [0.29, 0.717) is 6.42 Å². The van der Waals surface area contributed by atoms with Crippen LogP contribution in [0.15, 0.2) is 24.3 Å². The van der Waals surface area contributed by atoms with Crippen LogP contribution >= 0.6 is 0 Å². The van der Waals surface area contributed by atoms with Gasteiger partial charge in [0.2, 0.25) is 0 Å². The van der Waals surface area contributed by atoms with Crippen molar-refractivity contribution in [2.45, 2.75) is 31.6 Å². The number of hydrogen-bond donors (Lipinski definition) is 1. The topological polar surface area (TPSA) is 63.6 Å². The fourth-order valence-corrected chi connectivity index (χ4v) is 2.80. The van der Waals surface area contributed by atoms with Gasteiger partial charge in [-0.1, -0.05) is 12.1 Å². The number of aliphatic carboxylic acids is 1. The minimum absolute atomic E-state index is 0.00271. The van der Waals surface area contributed by atoms with Crippen molar-refractivity contribution in [1.29, 1.82) is 0 Å². The Balaban J connectivity index is 2.25. The van der Waals surface area contributed by atoms with Crippen molar-refractivity contribution in [2.24, 2.45) is 5.92 Å². The number of Topliss-reactive ketones (excluding diaryl/α,β-unsaturated/α-hetero) is 1. The van der Waals surface area contributed by atoms with E-state index < -0.39 is 5.97 Å². The van der Waals surface area contributed by atoms with Crippen molar-refractivity contribution in [3.63, 3.8) is 0 Å². The van der Waals surface area contributed by atoms with E-state index in [1.807, 2.05) is 24.3 Å². The lowest BCUT2D eigenvalue weighted by molar-refractivity contribution is -0.137. The molecule has 0 spiro atoms. The highest BCUT2D eigenvalue weighted by Crippen LogP contribution is 2.37. The first-order valence-electron chi connectivity index (χ1n) is 6.50. The van der Waals surface area contributed by atoms with E-state index in [0.717, 1.165) is 24.2 Å². The maximum atomic E-state index is 11.9. The predicted octanol–water partition coefficient (Wildman–Crippen LogP) is 2.62. The second-order valence-electron chi connectivity index (χ2n) is 4.94. The van der Waals surface area contributed by atoms with Crippen LogP contribution in [0, 0.1) is 5.92 Å². The largest absolute Gasteiger partial charge is 0.497 e. The van der Waals surface area contributed by atoms with Gasteiger partial charge in [0, 0.05) is 18.3 Å². The van der Waals surface area contributed by atoms with E-state index in [9.17, 15) is 9.59 Å². The van der Waals surface area contributed by atoms with E-state index in [1.54, 1.807) is 7.11 Å². The Morgan fingerprint density at radius 2 is 2.11 bits per heavy atom. The van der Waals surface area contributed by atoms with E-state index in [2.05, 4.69) is 0 Å². The van der Waals surface area contributed by atoms with E-state index >= 15 is 0 Å². The molecular formula is C15H18O4. The lowest BCUT2D eigenvalue weighted by Crippen LogP contribution is -2.20. The third-order valence-corrected chi connectivity index (χ3v) is 3.78. The van der Waals surface area contributed by atoms with Gasteiger partial charge < -0.3 is 9.84 Å². The van der Waals surface area contributed by atoms with Crippen LogP contribution in [0.1, 0.15) is 37.2 Å². The summed E-state index contributed by atoms with van der Waals surface area (Å²) >= 11 is 0. The van der Waals surface area contributed by atoms with E-state index in [-0.39, 0.29) is 24.0 Å². The third-order valence-electron chi connectivity index (χ3n) is 3.78. The van der Waals surface area contributed by atoms with Crippen molar-refractivity contribution in [1.82, 2.24) is 0 Å². The number of carbonyl (C=O) groups is 2. The van der Waals surface area contributed by atoms with E-state index in [1.165, 1.54) is 0 Å². The standard InChI is InChI=1S/C15H18O4/c1-19-11-7-5-10(6-8-11)13(9-15(17)18)12-3-2-4-14(12)16/h5-8,12-13H,2-4,9H2,1H3,(H,17,18)/t12?,13-/m0/s1. The summed E-state index contributed by atoms with van der Waals surface area (Å²) in [5.41, 5.74) is 0.906. The number of carbonyl (C=O) groups excluding carboxylic acids is 1. The molecule has 0 aliphatic heterocycles. The van der Waals surface area contributed by atoms with Gasteiger partial charge in [-0.3, -0.25) is 9.59 Å². The molecule has 0 saturated heterocycles. The summed E-state index contributed by atoms with van der Waals surface area (Å²) in [5, 5.41) is 9.06. The van der Waals surface area contributed by atoms with Crippen molar-refractivity contribution < 1.29 is 19.4 Å². The molecule has 2 atom stereocenters. The molecule has 19 heavy (non-hydrogen) atoms. The highest BCUT2D eigenvalue weighted by atomic mass is 16.5. The molecule has 4 nitrogen and oxygen atoms in total. The van der Waals surface area contributed by atoms with Crippen molar-refractivity contribution in [3.05, 3.63) is 29.8 Å². The lowest BCUT2D eigenvalue weighted by Gasteiger charge is -2.21. The van der Waals surface area contributed by atoms with Gasteiger partial charge in [-0.05, 0) is 30.5 Å². The zero-order valence-corrected chi connectivity index (χ0v) is 11.0. The van der Waals surface area contributed by atoms with Crippen LogP contribution in [-0.2, 0) is 9.59 Å². The molecule has 1 aromatic carbocycles. The van der Waals surface area contributed by atoms with Crippen molar-refractivity contribution in [2.75, 3.05) is 7.11 Å². The number of ketones is 1. The van der Waals surface area contributed by atoms with Crippen LogP contribution in [0.4, 0.5) is 0 Å². The Morgan fingerprint density at radius 3 is 2.58 bits per heavy atom. The number of hydrogen-bond acceptors (Lipinski definition) is 3. The van der Waals surface area contributed by atoms with Crippen LogP contribution in [0.2, 0.25) is 0 Å². The summed E-state index contributed by atoms with van der Waals surface area (Å²) < 4.78 is 5.09. The van der Waals surface area contributed by atoms with Gasteiger partial charge in [-0.15, -0.1) is 0 Å². The lowest BCUT2D eigenvalue weighted by atomic mass is 9.82. The first-order valence-corrected chi connectivity index (χ1v) is 6.50. The number of benzene rings is 1. The molecular weight excluding hydrogens is 244 g/mol. The zero-order chi connectivity index (χ0) is 13.8. The average molecular weight is 262 g/mol. The van der Waals surface area contributed by atoms with Crippen LogP contribution in [-0.4, -0.2) is 24.0 Å². The molecule has 1 aromatic rings. The number of rotatable bonds is 5. The number of carboxylic acid groups (broad SMARTS) is 1. The molecule has 1 saturated carbocycles. The van der Waals surface area contributed by atoms with Crippen molar-refractivity contribution in [3.8, 4) is 5.75 Å². The highest BCUT2D eigenvalue weighted by Gasteiger charge is 2.34. The van der Waals surface area contributed by atoms with Gasteiger partial charge in [-0.2, -0.15) is 0 Å². The molecule has 0 radical (unpaired) electrons. The Morgan fingerprint density at radius 1 is 1.42 bits per heavy atom. The third kappa shape index (κ3) is 3.13. The fourth-order valence-electron chi connectivity index (χ4n) is 2.80. The number of carboxylic acids is 1. The summed E-state index contributed by atoms with van der Waals surface area (Å²) in [6, 6.07) is 7.34. The van der Waals surface area contributed by atoms with Crippen LogP contribution in [0.3, 0.4) is 0 Å². The number of methoxy groups -OCH3 is 1. The molecule has 0 amide bonds. The second-order valence-corrected chi connectivity index (χ2v) is 4.94. The Labute approximate surface area is 112 Å². The molecule has 0 heterocycles. The zero-order valence-electron chi connectivity index (χ0n) is 11.0. The summed E-state index contributed by atoms with van der Waals surface area (Å²) in [6.07, 6.45) is 2.25. The summed E-state index contributed by atoms with van der Waals surface area (Å²) in [5.74, 6) is -0.305. The quantitative estimate of drug-likeness (QED) is 0.886. The van der Waals surface area contributed by atoms with Crippen LogP contribution in [0.5, 0.6) is 5.75 Å². The van der Waals surface area contributed by atoms with Crippen LogP contribution < -0.4 is 4.74 Å². The SMILES string of the molecule is COc1ccc([C@H](CC(=O)O)C2CCCC2=O)cc1. The monoisotopic (exact) mass is 262 g/mol. The minimum atomic E-state index is -0.861. The molecule has 2 rings (SSSR count). The highest BCUT2D eigenvalue weighted by molar-refractivity contribution is 5.84. The number of ether oxygens (including phenoxy) is 1. The maximum Gasteiger partial charge on any atom is 0.303 e. The Hall–Kier alpha value is -1.84. The second kappa shape index (κ2) is 5.87. The van der Waals surface area contributed by atoms with Gasteiger partial charge in [0.15, 0.2) is 0 Å². The first kappa shape index (κ1) is 13.6. The fraction of sp³-hybridized carbons (Fsp3) is 0.467. The van der Waals surface area contributed by atoms with E-state index in [4.69, 9.17) is 9.84 Å². The normalized spacial score (nSPS) is 20.3. The molecule has 1 aliphatic carbocycles. The Bertz CT molecular complexity index is 464. The molecule has 102 valence electrons. The van der Waals surface area contributed by atoms with Gasteiger partial charge in [-0.25, -0.2) is 0 Å². The molecule has 1 unspecified atom stereocenters. The molecule has 1 fully saturated rings. The molecule has 1 aliphatic rings. The predicted molar refractivity (Wildman–Crippen MR) is 70.3 cm³/mol. The maximum absolute atomic E-state index is 11.9. The van der Waals surface area contributed by atoms with Crippen molar-refractivity contribution >= 4 is 11.8 Å².